The van der Waals surface area contributed by atoms with Crippen molar-refractivity contribution in [1.82, 2.24) is 0 Å². The number of allylic oxidation sites excluding steroid dienone is 4. The summed E-state index contributed by atoms with van der Waals surface area (Å²) in [5, 5.41) is 10.5. The molecule has 5 atom stereocenters. The summed E-state index contributed by atoms with van der Waals surface area (Å²) in [6.07, 6.45) is 40.1. The summed E-state index contributed by atoms with van der Waals surface area (Å²) < 4.78 is 67.9. The number of hydrogen-bond acceptors (Lipinski definition) is 15. The normalized spacial score (nSPS) is 14.5. The van der Waals surface area contributed by atoms with E-state index in [0.717, 1.165) is 116 Å². The Morgan fingerprint density at radius 2 is 0.643 bits per heavy atom. The number of aliphatic hydroxyl groups excluding tert-OH is 1. The first kappa shape index (κ1) is 81.5. The Kier molecular flexibility index (Phi) is 54.2. The third-order valence-corrected chi connectivity index (χ3v) is 16.2. The van der Waals surface area contributed by atoms with Crippen LogP contribution in [0.25, 0.3) is 0 Å². The van der Waals surface area contributed by atoms with Crippen molar-refractivity contribution < 1.29 is 80.2 Å². The summed E-state index contributed by atoms with van der Waals surface area (Å²) in [7, 11) is -9.90. The zero-order valence-corrected chi connectivity index (χ0v) is 55.6. The summed E-state index contributed by atoms with van der Waals surface area (Å²) >= 11 is 0. The quantitative estimate of drug-likeness (QED) is 0.0169. The molecular formula is C65H122O17P2. The van der Waals surface area contributed by atoms with Gasteiger partial charge in [0.2, 0.25) is 0 Å². The Morgan fingerprint density at radius 3 is 0.964 bits per heavy atom. The minimum atomic E-state index is -4.95. The maximum atomic E-state index is 13.0. The predicted octanol–water partition coefficient (Wildman–Crippen LogP) is 17.4. The largest absolute Gasteiger partial charge is 0.472 e. The standard InChI is InChI=1S/C65H122O17P2/c1-8-9-10-11-12-13-14-15-16-17-18-19-24-34-41-48-64(69)81-61(53-76-63(68)47-40-33-28-27-31-38-45-58(6)7)55-80-84(73,74)78-51-59(66)50-77-83(71,72)79-54-60(82-65(70)49-42-35-26-21-23-30-37-44-57(4)5)52-75-62(67)46-39-32-25-20-22-29-36-43-56(2)3/h13-16,56-61,66H,8-12,17-55H2,1-7H3,(H,71,72)(H,73,74)/b14-13-,16-15-/t59?,60-,61-/m1/s1. The van der Waals surface area contributed by atoms with E-state index in [-0.39, 0.29) is 25.7 Å². The van der Waals surface area contributed by atoms with Gasteiger partial charge in [0, 0.05) is 25.7 Å². The molecule has 0 aliphatic rings. The van der Waals surface area contributed by atoms with Crippen molar-refractivity contribution in [3.8, 4) is 0 Å². The van der Waals surface area contributed by atoms with Gasteiger partial charge in [-0.05, 0) is 69.1 Å². The van der Waals surface area contributed by atoms with E-state index in [4.69, 9.17) is 37.0 Å². The number of unbranched alkanes of at least 4 members (excludes halogenated alkanes) is 26. The van der Waals surface area contributed by atoms with Crippen LogP contribution in [-0.2, 0) is 65.4 Å². The fraction of sp³-hybridized carbons (Fsp3) is 0.877. The van der Waals surface area contributed by atoms with Gasteiger partial charge in [0.1, 0.15) is 19.3 Å². The third-order valence-electron chi connectivity index (χ3n) is 14.3. The molecule has 0 aromatic heterocycles. The molecule has 0 saturated heterocycles. The lowest BCUT2D eigenvalue weighted by molar-refractivity contribution is -0.161. The van der Waals surface area contributed by atoms with E-state index in [0.29, 0.717) is 43.4 Å². The van der Waals surface area contributed by atoms with E-state index >= 15 is 0 Å². The topological polar surface area (TPSA) is 237 Å². The van der Waals surface area contributed by atoms with Crippen molar-refractivity contribution in [3.63, 3.8) is 0 Å². The number of rotatable bonds is 61. The molecule has 0 rings (SSSR count). The number of ether oxygens (including phenoxy) is 4. The second-order valence-corrected chi connectivity index (χ2v) is 27.2. The van der Waals surface area contributed by atoms with Gasteiger partial charge in [-0.15, -0.1) is 0 Å². The van der Waals surface area contributed by atoms with Gasteiger partial charge in [-0.1, -0.05) is 240 Å². The molecule has 3 unspecified atom stereocenters. The van der Waals surface area contributed by atoms with E-state index < -0.39 is 97.5 Å². The van der Waals surface area contributed by atoms with Crippen molar-refractivity contribution in [3.05, 3.63) is 24.3 Å². The molecule has 0 spiro atoms. The maximum Gasteiger partial charge on any atom is 0.472 e. The maximum absolute atomic E-state index is 13.0. The number of hydrogen-bond donors (Lipinski definition) is 3. The molecule has 0 saturated carbocycles. The van der Waals surface area contributed by atoms with Gasteiger partial charge in [-0.2, -0.15) is 0 Å². The molecule has 494 valence electrons. The molecule has 17 nitrogen and oxygen atoms in total. The molecule has 84 heavy (non-hydrogen) atoms. The van der Waals surface area contributed by atoms with Gasteiger partial charge in [-0.3, -0.25) is 37.3 Å². The number of esters is 4. The van der Waals surface area contributed by atoms with Gasteiger partial charge in [-0.25, -0.2) is 9.13 Å². The second-order valence-electron chi connectivity index (χ2n) is 24.2. The minimum absolute atomic E-state index is 0.0832. The highest BCUT2D eigenvalue weighted by molar-refractivity contribution is 7.47. The minimum Gasteiger partial charge on any atom is -0.462 e. The van der Waals surface area contributed by atoms with Crippen LogP contribution >= 0.6 is 15.6 Å². The smallest absolute Gasteiger partial charge is 0.462 e. The van der Waals surface area contributed by atoms with Crippen molar-refractivity contribution >= 4 is 39.5 Å². The Bertz CT molecular complexity index is 1760. The van der Waals surface area contributed by atoms with Crippen molar-refractivity contribution in [1.29, 1.82) is 0 Å². The molecule has 0 amide bonds. The van der Waals surface area contributed by atoms with E-state index in [1.165, 1.54) is 77.0 Å². The molecule has 3 N–H and O–H groups in total. The molecule has 0 radical (unpaired) electrons. The van der Waals surface area contributed by atoms with Crippen molar-refractivity contribution in [2.24, 2.45) is 17.8 Å². The van der Waals surface area contributed by atoms with Crippen LogP contribution in [0, 0.1) is 17.8 Å². The number of carbonyl (C=O) groups excluding carboxylic acids is 4. The molecule has 0 aromatic carbocycles. The predicted molar refractivity (Wildman–Crippen MR) is 335 cm³/mol. The Labute approximate surface area is 510 Å². The van der Waals surface area contributed by atoms with Crippen LogP contribution in [0.1, 0.15) is 292 Å². The van der Waals surface area contributed by atoms with E-state index in [2.05, 4.69) is 72.8 Å². The average molecular weight is 1240 g/mol. The van der Waals surface area contributed by atoms with Gasteiger partial charge in [0.15, 0.2) is 12.2 Å². The molecular weight excluding hydrogens is 1110 g/mol. The van der Waals surface area contributed by atoms with Gasteiger partial charge < -0.3 is 33.8 Å². The highest BCUT2D eigenvalue weighted by Crippen LogP contribution is 2.45. The number of phosphoric acid groups is 2. The summed E-state index contributed by atoms with van der Waals surface area (Å²) in [5.74, 6) is -0.0968. The summed E-state index contributed by atoms with van der Waals surface area (Å²) in [5.41, 5.74) is 0. The number of phosphoric ester groups is 2. The first-order chi connectivity index (χ1) is 40.2. The van der Waals surface area contributed by atoms with Crippen LogP contribution in [0.4, 0.5) is 0 Å². The third kappa shape index (κ3) is 58.6. The fourth-order valence-electron chi connectivity index (χ4n) is 9.12. The van der Waals surface area contributed by atoms with Crippen LogP contribution in [0.3, 0.4) is 0 Å². The molecule has 0 fully saturated rings. The Hall–Kier alpha value is -2.46. The van der Waals surface area contributed by atoms with Crippen LogP contribution in [0.5, 0.6) is 0 Å². The second kappa shape index (κ2) is 55.8. The Morgan fingerprint density at radius 1 is 0.369 bits per heavy atom. The first-order valence-electron chi connectivity index (χ1n) is 33.2. The van der Waals surface area contributed by atoms with Crippen LogP contribution in [0.15, 0.2) is 24.3 Å². The van der Waals surface area contributed by atoms with Crippen molar-refractivity contribution in [2.75, 3.05) is 39.6 Å². The molecule has 0 aromatic rings. The first-order valence-corrected chi connectivity index (χ1v) is 36.2. The highest BCUT2D eigenvalue weighted by Gasteiger charge is 2.30. The molecule has 19 heteroatoms. The lowest BCUT2D eigenvalue weighted by Gasteiger charge is -2.21. The van der Waals surface area contributed by atoms with Gasteiger partial charge in [0.05, 0.1) is 26.4 Å². The van der Waals surface area contributed by atoms with Crippen LogP contribution < -0.4 is 0 Å². The average Bonchev–Trinajstić information content (AvgIpc) is 3.46. The number of aliphatic hydroxyl groups is 1. The van der Waals surface area contributed by atoms with Crippen LogP contribution in [-0.4, -0.2) is 96.7 Å². The fourth-order valence-corrected chi connectivity index (χ4v) is 10.7. The summed E-state index contributed by atoms with van der Waals surface area (Å²) in [6, 6.07) is 0. The SMILES string of the molecule is CCCCCC/C=C\C=C/CCCCCCCC(=O)O[C@H](COC(=O)CCCCCCCCC(C)C)COP(=O)(O)OCC(O)COP(=O)(O)OC[C@@H](COC(=O)CCCCCCCCCC(C)C)OC(=O)CCCCCCCCCC(C)C. The lowest BCUT2D eigenvalue weighted by atomic mass is 10.0. The Balaban J connectivity index is 5.27. The zero-order chi connectivity index (χ0) is 62.4. The van der Waals surface area contributed by atoms with Gasteiger partial charge >= 0.3 is 39.5 Å². The lowest BCUT2D eigenvalue weighted by Crippen LogP contribution is -2.30. The molecule has 0 aliphatic heterocycles. The summed E-state index contributed by atoms with van der Waals surface area (Å²) in [4.78, 5) is 72.2. The molecule has 0 aliphatic carbocycles. The molecule has 0 bridgehead atoms. The highest BCUT2D eigenvalue weighted by atomic mass is 31.2. The van der Waals surface area contributed by atoms with E-state index in [9.17, 15) is 43.2 Å². The van der Waals surface area contributed by atoms with Crippen molar-refractivity contribution in [2.45, 2.75) is 311 Å². The van der Waals surface area contributed by atoms with Crippen LogP contribution in [0.2, 0.25) is 0 Å². The number of carbonyl (C=O) groups is 4. The van der Waals surface area contributed by atoms with Gasteiger partial charge in [0.25, 0.3) is 0 Å². The zero-order valence-electron chi connectivity index (χ0n) is 53.8. The van der Waals surface area contributed by atoms with E-state index in [1.54, 1.807) is 0 Å². The summed E-state index contributed by atoms with van der Waals surface area (Å²) in [6.45, 7) is 11.5. The van der Waals surface area contributed by atoms with E-state index in [1.807, 2.05) is 0 Å². The molecule has 0 heterocycles. The monoisotopic (exact) mass is 1240 g/mol.